The first-order valence-corrected chi connectivity index (χ1v) is 9.08. The SMILES string of the molecule is CCCCNC(=O)COC(=O)c1ccccc1C(=O)c1cc(C)ccc1C. The molecular weight excluding hydrogens is 342 g/mol. The summed E-state index contributed by atoms with van der Waals surface area (Å²) in [6, 6.07) is 12.1. The highest BCUT2D eigenvalue weighted by Crippen LogP contribution is 2.19. The molecule has 27 heavy (non-hydrogen) atoms. The van der Waals surface area contributed by atoms with E-state index in [1.165, 1.54) is 6.07 Å². The molecule has 0 saturated carbocycles. The van der Waals surface area contributed by atoms with Gasteiger partial charge in [0, 0.05) is 17.7 Å². The molecule has 0 aromatic heterocycles. The highest BCUT2D eigenvalue weighted by molar-refractivity contribution is 6.15. The molecule has 0 aliphatic rings. The lowest BCUT2D eigenvalue weighted by Crippen LogP contribution is -2.29. The number of aryl methyl sites for hydroxylation is 2. The van der Waals surface area contributed by atoms with Crippen molar-refractivity contribution in [3.8, 4) is 0 Å². The molecule has 1 amide bonds. The van der Waals surface area contributed by atoms with Crippen LogP contribution in [0.25, 0.3) is 0 Å². The Hall–Kier alpha value is -2.95. The van der Waals surface area contributed by atoms with E-state index in [4.69, 9.17) is 4.74 Å². The molecule has 5 nitrogen and oxygen atoms in total. The molecule has 0 radical (unpaired) electrons. The molecule has 5 heteroatoms. The summed E-state index contributed by atoms with van der Waals surface area (Å²) in [6.07, 6.45) is 1.83. The number of carbonyl (C=O) groups excluding carboxylic acids is 3. The van der Waals surface area contributed by atoms with Crippen LogP contribution in [0.4, 0.5) is 0 Å². The molecule has 0 aliphatic carbocycles. The topological polar surface area (TPSA) is 72.5 Å². The van der Waals surface area contributed by atoms with E-state index >= 15 is 0 Å². The summed E-state index contributed by atoms with van der Waals surface area (Å²) in [5.74, 6) is -1.28. The third-order valence-electron chi connectivity index (χ3n) is 4.22. The highest BCUT2D eigenvalue weighted by Gasteiger charge is 2.21. The third kappa shape index (κ3) is 5.51. The number of carbonyl (C=O) groups is 3. The third-order valence-corrected chi connectivity index (χ3v) is 4.22. The zero-order valence-electron chi connectivity index (χ0n) is 16.0. The number of hydrogen-bond acceptors (Lipinski definition) is 4. The monoisotopic (exact) mass is 367 g/mol. The van der Waals surface area contributed by atoms with Crippen molar-refractivity contribution >= 4 is 17.7 Å². The molecule has 142 valence electrons. The van der Waals surface area contributed by atoms with Gasteiger partial charge in [0.05, 0.1) is 5.56 Å². The molecular formula is C22H25NO4. The van der Waals surface area contributed by atoms with Gasteiger partial charge >= 0.3 is 5.97 Å². The average Bonchev–Trinajstić information content (AvgIpc) is 2.67. The maximum absolute atomic E-state index is 13.0. The van der Waals surface area contributed by atoms with E-state index in [2.05, 4.69) is 5.32 Å². The Morgan fingerprint density at radius 2 is 1.67 bits per heavy atom. The number of benzene rings is 2. The highest BCUT2D eigenvalue weighted by atomic mass is 16.5. The number of nitrogens with one attached hydrogen (secondary N) is 1. The van der Waals surface area contributed by atoms with Crippen LogP contribution < -0.4 is 5.32 Å². The Morgan fingerprint density at radius 3 is 2.37 bits per heavy atom. The van der Waals surface area contributed by atoms with Crippen LogP contribution in [0.15, 0.2) is 42.5 Å². The molecule has 0 saturated heterocycles. The molecule has 0 atom stereocenters. The minimum Gasteiger partial charge on any atom is -0.452 e. The molecule has 0 unspecified atom stereocenters. The first kappa shape index (κ1) is 20.4. The molecule has 0 fully saturated rings. The van der Waals surface area contributed by atoms with E-state index in [1.807, 2.05) is 32.9 Å². The number of rotatable bonds is 8. The Labute approximate surface area is 159 Å². The Bertz CT molecular complexity index is 842. The van der Waals surface area contributed by atoms with Crippen LogP contribution in [0.1, 0.15) is 57.2 Å². The number of ketones is 1. The normalized spacial score (nSPS) is 10.3. The molecule has 2 aromatic rings. The van der Waals surface area contributed by atoms with Crippen LogP contribution in [-0.4, -0.2) is 30.8 Å². The van der Waals surface area contributed by atoms with E-state index in [0.717, 1.165) is 24.0 Å². The zero-order valence-corrected chi connectivity index (χ0v) is 16.0. The van der Waals surface area contributed by atoms with E-state index in [0.29, 0.717) is 12.1 Å². The van der Waals surface area contributed by atoms with Crippen molar-refractivity contribution in [3.05, 3.63) is 70.3 Å². The van der Waals surface area contributed by atoms with Crippen LogP contribution in [0.3, 0.4) is 0 Å². The molecule has 0 spiro atoms. The lowest BCUT2D eigenvalue weighted by molar-refractivity contribution is -0.124. The maximum Gasteiger partial charge on any atom is 0.339 e. The fourth-order valence-corrected chi connectivity index (χ4v) is 2.65. The van der Waals surface area contributed by atoms with Gasteiger partial charge in [-0.3, -0.25) is 9.59 Å². The fourth-order valence-electron chi connectivity index (χ4n) is 2.65. The predicted octanol–water partition coefficient (Wildman–Crippen LogP) is 3.61. The first-order chi connectivity index (χ1) is 12.9. The second kappa shape index (κ2) is 9.67. The summed E-state index contributed by atoms with van der Waals surface area (Å²) in [6.45, 7) is 5.97. The standard InChI is InChI=1S/C22H25NO4/c1-4-5-12-23-20(24)14-27-22(26)18-9-7-6-8-17(18)21(25)19-13-15(2)10-11-16(19)3/h6-11,13H,4-5,12,14H2,1-3H3,(H,23,24). The summed E-state index contributed by atoms with van der Waals surface area (Å²) in [5.41, 5.74) is 2.77. The van der Waals surface area contributed by atoms with Crippen molar-refractivity contribution in [1.29, 1.82) is 0 Å². The van der Waals surface area contributed by atoms with E-state index in [-0.39, 0.29) is 29.4 Å². The van der Waals surface area contributed by atoms with Crippen LogP contribution in [0, 0.1) is 13.8 Å². The summed E-state index contributed by atoms with van der Waals surface area (Å²) >= 11 is 0. The molecule has 0 heterocycles. The number of amides is 1. The second-order valence-electron chi connectivity index (χ2n) is 6.47. The number of esters is 1. The van der Waals surface area contributed by atoms with E-state index in [1.54, 1.807) is 24.3 Å². The summed E-state index contributed by atoms with van der Waals surface area (Å²) < 4.78 is 5.10. The lowest BCUT2D eigenvalue weighted by atomic mass is 9.94. The average molecular weight is 367 g/mol. The van der Waals surface area contributed by atoms with Crippen molar-refractivity contribution in [1.82, 2.24) is 5.32 Å². The number of unbranched alkanes of at least 4 members (excludes halogenated alkanes) is 1. The minimum absolute atomic E-state index is 0.157. The maximum atomic E-state index is 13.0. The Balaban J connectivity index is 2.15. The van der Waals surface area contributed by atoms with Crippen molar-refractivity contribution in [3.63, 3.8) is 0 Å². The van der Waals surface area contributed by atoms with Crippen molar-refractivity contribution < 1.29 is 19.1 Å². The Kier molecular flexibility index (Phi) is 7.29. The largest absolute Gasteiger partial charge is 0.452 e. The van der Waals surface area contributed by atoms with Gasteiger partial charge in [0.15, 0.2) is 12.4 Å². The Morgan fingerprint density at radius 1 is 0.963 bits per heavy atom. The van der Waals surface area contributed by atoms with Crippen molar-refractivity contribution in [2.24, 2.45) is 0 Å². The molecule has 2 aromatic carbocycles. The summed E-state index contributed by atoms with van der Waals surface area (Å²) in [4.78, 5) is 37.1. The molecule has 2 rings (SSSR count). The predicted molar refractivity (Wildman–Crippen MR) is 104 cm³/mol. The van der Waals surface area contributed by atoms with Gasteiger partial charge in [-0.05, 0) is 38.0 Å². The molecule has 0 bridgehead atoms. The van der Waals surface area contributed by atoms with Gasteiger partial charge in [-0.1, -0.05) is 49.2 Å². The lowest BCUT2D eigenvalue weighted by Gasteiger charge is -2.11. The van der Waals surface area contributed by atoms with Crippen molar-refractivity contribution in [2.75, 3.05) is 13.2 Å². The smallest absolute Gasteiger partial charge is 0.339 e. The molecule has 1 N–H and O–H groups in total. The first-order valence-electron chi connectivity index (χ1n) is 9.08. The summed E-state index contributed by atoms with van der Waals surface area (Å²) in [7, 11) is 0. The van der Waals surface area contributed by atoms with E-state index in [9.17, 15) is 14.4 Å². The fraction of sp³-hybridized carbons (Fsp3) is 0.318. The van der Waals surface area contributed by atoms with Crippen LogP contribution in [-0.2, 0) is 9.53 Å². The van der Waals surface area contributed by atoms with Gasteiger partial charge in [-0.25, -0.2) is 4.79 Å². The molecule has 0 aliphatic heterocycles. The number of hydrogen-bond donors (Lipinski definition) is 1. The zero-order chi connectivity index (χ0) is 19.8. The van der Waals surface area contributed by atoms with Gasteiger partial charge in [-0.2, -0.15) is 0 Å². The van der Waals surface area contributed by atoms with Crippen LogP contribution in [0.5, 0.6) is 0 Å². The number of ether oxygens (including phenoxy) is 1. The quantitative estimate of drug-likeness (QED) is 0.439. The van der Waals surface area contributed by atoms with Gasteiger partial charge in [0.1, 0.15) is 0 Å². The summed E-state index contributed by atoms with van der Waals surface area (Å²) in [5, 5.41) is 2.68. The van der Waals surface area contributed by atoms with Gasteiger partial charge in [0.25, 0.3) is 5.91 Å². The van der Waals surface area contributed by atoms with Crippen molar-refractivity contribution in [2.45, 2.75) is 33.6 Å². The minimum atomic E-state index is -0.685. The second-order valence-corrected chi connectivity index (χ2v) is 6.47. The van der Waals surface area contributed by atoms with Crippen LogP contribution in [0.2, 0.25) is 0 Å². The van der Waals surface area contributed by atoms with E-state index < -0.39 is 5.97 Å². The van der Waals surface area contributed by atoms with Gasteiger partial charge < -0.3 is 10.1 Å². The van der Waals surface area contributed by atoms with Gasteiger partial charge in [0.2, 0.25) is 0 Å². The van der Waals surface area contributed by atoms with Crippen LogP contribution >= 0.6 is 0 Å². The van der Waals surface area contributed by atoms with Gasteiger partial charge in [-0.15, -0.1) is 0 Å².